The van der Waals surface area contributed by atoms with E-state index in [2.05, 4.69) is 0 Å². The molecule has 23 heavy (non-hydrogen) atoms. The van der Waals surface area contributed by atoms with Crippen LogP contribution in [0.25, 0.3) is 0 Å². The Balaban J connectivity index is 2.26. The van der Waals surface area contributed by atoms with Crippen molar-refractivity contribution in [2.24, 2.45) is 0 Å². The quantitative estimate of drug-likeness (QED) is 0.329. The fourth-order valence-corrected chi connectivity index (χ4v) is 3.00. The van der Waals surface area contributed by atoms with E-state index >= 15 is 0 Å². The summed E-state index contributed by atoms with van der Waals surface area (Å²) in [5.74, 6) is -2.44. The average molecular weight is 346 g/mol. The van der Waals surface area contributed by atoms with E-state index in [1.807, 2.05) is 13.8 Å². The molecular formula is C17H28F2O3Si. The first-order chi connectivity index (χ1) is 11.1. The summed E-state index contributed by atoms with van der Waals surface area (Å²) in [5.41, 5.74) is 0.838. The summed E-state index contributed by atoms with van der Waals surface area (Å²) in [7, 11) is 0.560. The van der Waals surface area contributed by atoms with Gasteiger partial charge in [0.15, 0.2) is 22.1 Å². The molecule has 0 aliphatic heterocycles. The Hall–Kier alpha value is -0.823. The standard InChI is InChI=1S/C17H28F2O3Si/c1-3-20-17(22-23,21-4-2)12-8-6-5-7-9-14-10-11-15(18)16(19)13-14/h10-11,13H,3-9,12H2,1-2,23H3. The summed E-state index contributed by atoms with van der Waals surface area (Å²) in [6.07, 6.45) is 5.41. The number of hydrogen-bond donors (Lipinski definition) is 0. The lowest BCUT2D eigenvalue weighted by molar-refractivity contribution is -0.344. The normalized spacial score (nSPS) is 12.0. The summed E-state index contributed by atoms with van der Waals surface area (Å²) in [5, 5.41) is 0. The van der Waals surface area contributed by atoms with Crippen LogP contribution in [0.3, 0.4) is 0 Å². The molecule has 0 aliphatic carbocycles. The van der Waals surface area contributed by atoms with Crippen molar-refractivity contribution in [2.75, 3.05) is 13.2 Å². The predicted octanol–water partition coefficient (Wildman–Crippen LogP) is 3.48. The van der Waals surface area contributed by atoms with Crippen LogP contribution in [0, 0.1) is 11.6 Å². The van der Waals surface area contributed by atoms with Gasteiger partial charge in [-0.15, -0.1) is 0 Å². The summed E-state index contributed by atoms with van der Waals surface area (Å²) < 4.78 is 42.8. The maximum Gasteiger partial charge on any atom is 0.272 e. The molecule has 1 rings (SSSR count). The largest absolute Gasteiger partial charge is 0.380 e. The molecule has 0 aliphatic rings. The van der Waals surface area contributed by atoms with Crippen molar-refractivity contribution in [3.8, 4) is 0 Å². The number of hydrogen-bond acceptors (Lipinski definition) is 3. The van der Waals surface area contributed by atoms with Gasteiger partial charge in [-0.05, 0) is 50.8 Å². The van der Waals surface area contributed by atoms with Gasteiger partial charge in [-0.2, -0.15) is 0 Å². The fraction of sp³-hybridized carbons (Fsp3) is 0.647. The highest BCUT2D eigenvalue weighted by atomic mass is 28.2. The molecule has 0 aromatic heterocycles. The summed E-state index contributed by atoms with van der Waals surface area (Å²) in [6, 6.07) is 4.11. The van der Waals surface area contributed by atoms with Crippen LogP contribution in [0.2, 0.25) is 0 Å². The smallest absolute Gasteiger partial charge is 0.272 e. The lowest BCUT2D eigenvalue weighted by atomic mass is 10.0. The first-order valence-corrected chi connectivity index (χ1v) is 9.15. The molecule has 0 N–H and O–H groups in total. The molecule has 3 nitrogen and oxygen atoms in total. The highest BCUT2D eigenvalue weighted by Crippen LogP contribution is 2.23. The zero-order valence-electron chi connectivity index (χ0n) is 14.4. The minimum absolute atomic E-state index is 0.554. The van der Waals surface area contributed by atoms with E-state index in [9.17, 15) is 8.78 Å². The van der Waals surface area contributed by atoms with Crippen LogP contribution in [0.4, 0.5) is 8.78 Å². The van der Waals surface area contributed by atoms with Crippen LogP contribution in [0.15, 0.2) is 18.2 Å². The molecule has 0 spiro atoms. The lowest BCUT2D eigenvalue weighted by Crippen LogP contribution is -2.38. The van der Waals surface area contributed by atoms with E-state index < -0.39 is 17.6 Å². The molecule has 132 valence electrons. The lowest BCUT2D eigenvalue weighted by Gasteiger charge is -2.31. The monoisotopic (exact) mass is 346 g/mol. The van der Waals surface area contributed by atoms with Crippen LogP contribution < -0.4 is 0 Å². The van der Waals surface area contributed by atoms with Crippen molar-refractivity contribution >= 4 is 10.5 Å². The van der Waals surface area contributed by atoms with E-state index in [-0.39, 0.29) is 0 Å². The molecule has 0 bridgehead atoms. The van der Waals surface area contributed by atoms with Gasteiger partial charge < -0.3 is 13.9 Å². The fourth-order valence-electron chi connectivity index (χ4n) is 2.57. The number of unbranched alkanes of at least 4 members (excludes halogenated alkanes) is 3. The van der Waals surface area contributed by atoms with E-state index in [1.54, 1.807) is 6.07 Å². The minimum Gasteiger partial charge on any atom is -0.380 e. The second kappa shape index (κ2) is 10.9. The van der Waals surface area contributed by atoms with Crippen LogP contribution >= 0.6 is 0 Å². The zero-order chi connectivity index (χ0) is 17.1. The number of ether oxygens (including phenoxy) is 2. The maximum atomic E-state index is 13.1. The molecule has 0 fully saturated rings. The van der Waals surface area contributed by atoms with Crippen molar-refractivity contribution in [1.82, 2.24) is 0 Å². The Bertz CT molecular complexity index is 451. The van der Waals surface area contributed by atoms with Gasteiger partial charge in [-0.1, -0.05) is 18.9 Å². The van der Waals surface area contributed by atoms with Gasteiger partial charge in [0.2, 0.25) is 0 Å². The van der Waals surface area contributed by atoms with E-state index in [0.29, 0.717) is 30.1 Å². The van der Waals surface area contributed by atoms with E-state index in [4.69, 9.17) is 13.9 Å². The second-order valence-electron chi connectivity index (χ2n) is 5.42. The van der Waals surface area contributed by atoms with Gasteiger partial charge in [0.05, 0.1) is 0 Å². The third-order valence-corrected chi connectivity index (χ3v) is 4.34. The summed E-state index contributed by atoms with van der Waals surface area (Å²) in [4.78, 5) is 0. The zero-order valence-corrected chi connectivity index (χ0v) is 16.4. The number of aryl methyl sites for hydroxylation is 1. The minimum atomic E-state index is -0.879. The van der Waals surface area contributed by atoms with Crippen LogP contribution in [0.1, 0.15) is 51.5 Å². The first-order valence-electron chi connectivity index (χ1n) is 8.34. The molecule has 0 unspecified atom stereocenters. The molecule has 0 saturated heterocycles. The highest BCUT2D eigenvalue weighted by Gasteiger charge is 2.29. The molecule has 1 aromatic rings. The highest BCUT2D eigenvalue weighted by molar-refractivity contribution is 5.98. The summed E-state index contributed by atoms with van der Waals surface area (Å²) in [6.45, 7) is 4.96. The van der Waals surface area contributed by atoms with Crippen LogP contribution in [-0.2, 0) is 20.3 Å². The Kier molecular flexibility index (Phi) is 9.55. The van der Waals surface area contributed by atoms with E-state index in [0.717, 1.165) is 37.7 Å². The van der Waals surface area contributed by atoms with Gasteiger partial charge in [0.1, 0.15) is 0 Å². The molecular weight excluding hydrogens is 318 g/mol. The summed E-state index contributed by atoms with van der Waals surface area (Å²) >= 11 is 0. The van der Waals surface area contributed by atoms with Crippen molar-refractivity contribution < 1.29 is 22.7 Å². The molecule has 0 saturated carbocycles. The van der Waals surface area contributed by atoms with Crippen LogP contribution in [0.5, 0.6) is 0 Å². The van der Waals surface area contributed by atoms with Crippen molar-refractivity contribution in [2.45, 2.75) is 58.3 Å². The molecule has 6 heteroatoms. The molecule has 0 atom stereocenters. The predicted molar refractivity (Wildman–Crippen MR) is 90.2 cm³/mol. The van der Waals surface area contributed by atoms with Crippen LogP contribution in [-0.4, -0.2) is 29.7 Å². The second-order valence-corrected chi connectivity index (χ2v) is 5.82. The molecule has 0 radical (unpaired) electrons. The van der Waals surface area contributed by atoms with Gasteiger partial charge in [0.25, 0.3) is 5.97 Å². The van der Waals surface area contributed by atoms with Crippen molar-refractivity contribution in [3.05, 3.63) is 35.4 Å². The Morgan fingerprint density at radius 1 is 0.957 bits per heavy atom. The van der Waals surface area contributed by atoms with E-state index in [1.165, 1.54) is 12.1 Å². The third-order valence-electron chi connectivity index (χ3n) is 3.72. The topological polar surface area (TPSA) is 27.7 Å². The SMILES string of the molecule is CCOC(CCCCCCc1ccc(F)c(F)c1)(O[SiH3])OCC. The Morgan fingerprint density at radius 2 is 1.61 bits per heavy atom. The van der Waals surface area contributed by atoms with Gasteiger partial charge >= 0.3 is 0 Å². The van der Waals surface area contributed by atoms with Gasteiger partial charge in [-0.25, -0.2) is 8.78 Å². The Morgan fingerprint density at radius 3 is 2.17 bits per heavy atom. The van der Waals surface area contributed by atoms with Crippen molar-refractivity contribution in [1.29, 1.82) is 0 Å². The number of rotatable bonds is 12. The first kappa shape index (κ1) is 20.2. The molecule has 1 aromatic carbocycles. The van der Waals surface area contributed by atoms with Gasteiger partial charge in [0, 0.05) is 19.6 Å². The maximum absolute atomic E-state index is 13.1. The molecule has 0 heterocycles. The number of halogens is 2. The Labute approximate surface area is 140 Å². The molecule has 0 amide bonds. The average Bonchev–Trinajstić information content (AvgIpc) is 2.54. The third kappa shape index (κ3) is 7.08. The number of benzene rings is 1. The van der Waals surface area contributed by atoms with Crippen molar-refractivity contribution in [3.63, 3.8) is 0 Å². The van der Waals surface area contributed by atoms with Gasteiger partial charge in [-0.3, -0.25) is 0 Å².